The SMILES string of the molecule is C[C@@H](C1CCCC1[P+](=O)c1ccccc1)P(C(C)(C)C)C(C)(C)C. The van der Waals surface area contributed by atoms with E-state index in [0.717, 1.165) is 11.7 Å². The Morgan fingerprint density at radius 3 is 2.04 bits per heavy atom. The Morgan fingerprint density at radius 2 is 1.54 bits per heavy atom. The van der Waals surface area contributed by atoms with Crippen LogP contribution in [0.15, 0.2) is 30.3 Å². The molecule has 1 saturated carbocycles. The highest BCUT2D eigenvalue weighted by Gasteiger charge is 2.50. The van der Waals surface area contributed by atoms with Crippen molar-refractivity contribution in [1.82, 2.24) is 0 Å². The fourth-order valence-electron chi connectivity index (χ4n) is 5.01. The first-order chi connectivity index (χ1) is 11.0. The Kier molecular flexibility index (Phi) is 6.31. The normalized spacial score (nSPS) is 24.2. The average Bonchev–Trinajstić information content (AvgIpc) is 2.93. The molecule has 0 bridgehead atoms. The summed E-state index contributed by atoms with van der Waals surface area (Å²) >= 11 is 0. The molecule has 0 spiro atoms. The van der Waals surface area contributed by atoms with E-state index < -0.39 is 7.80 Å². The van der Waals surface area contributed by atoms with Crippen LogP contribution in [0.5, 0.6) is 0 Å². The molecular weight excluding hydrogens is 330 g/mol. The summed E-state index contributed by atoms with van der Waals surface area (Å²) in [6.07, 6.45) is 3.63. The van der Waals surface area contributed by atoms with Gasteiger partial charge in [-0.1, -0.05) is 79.2 Å². The number of rotatable bonds is 4. The summed E-state index contributed by atoms with van der Waals surface area (Å²) in [6, 6.07) is 10.2. The van der Waals surface area contributed by atoms with Crippen molar-refractivity contribution in [2.24, 2.45) is 5.92 Å². The van der Waals surface area contributed by atoms with Gasteiger partial charge in [0, 0.05) is 5.92 Å². The summed E-state index contributed by atoms with van der Waals surface area (Å²) < 4.78 is 13.2. The topological polar surface area (TPSA) is 17.1 Å². The van der Waals surface area contributed by atoms with Crippen molar-refractivity contribution < 1.29 is 4.57 Å². The van der Waals surface area contributed by atoms with Crippen LogP contribution in [0.1, 0.15) is 67.7 Å². The van der Waals surface area contributed by atoms with Gasteiger partial charge in [-0.05, 0) is 47.4 Å². The van der Waals surface area contributed by atoms with Crippen molar-refractivity contribution in [1.29, 1.82) is 0 Å². The zero-order valence-corrected chi connectivity index (χ0v) is 18.3. The monoisotopic (exact) mass is 365 g/mol. The lowest BCUT2D eigenvalue weighted by Gasteiger charge is -2.47. The van der Waals surface area contributed by atoms with Gasteiger partial charge >= 0.3 is 7.80 Å². The summed E-state index contributed by atoms with van der Waals surface area (Å²) in [5, 5.41) is 1.71. The van der Waals surface area contributed by atoms with Crippen LogP contribution in [-0.2, 0) is 4.57 Å². The molecule has 3 heteroatoms. The van der Waals surface area contributed by atoms with E-state index in [4.69, 9.17) is 0 Å². The van der Waals surface area contributed by atoms with Crippen molar-refractivity contribution >= 4 is 21.0 Å². The minimum absolute atomic E-state index is 0.164. The first-order valence-electron chi connectivity index (χ1n) is 9.34. The lowest BCUT2D eigenvalue weighted by atomic mass is 10.0. The molecule has 1 aliphatic rings. The standard InChI is InChI=1S/C21H35OP2/c1-16(24(20(2,3)4)21(5,6)7)18-14-11-15-19(18)23(22)17-12-9-8-10-13-17/h8-10,12-13,16,18-19H,11,14-15H2,1-7H3/q+1/t16-,18?,19?/m0/s1. The van der Waals surface area contributed by atoms with Gasteiger partial charge in [0.15, 0.2) is 11.0 Å². The smallest absolute Gasteiger partial charge is 0.0923 e. The first-order valence-corrected chi connectivity index (χ1v) is 12.1. The van der Waals surface area contributed by atoms with Gasteiger partial charge in [-0.15, -0.1) is 0 Å². The zero-order valence-electron chi connectivity index (χ0n) is 16.5. The van der Waals surface area contributed by atoms with Crippen LogP contribution in [0.2, 0.25) is 0 Å². The minimum Gasteiger partial charge on any atom is -0.0923 e. The average molecular weight is 365 g/mol. The zero-order chi connectivity index (χ0) is 18.1. The quantitative estimate of drug-likeness (QED) is 0.538. The van der Waals surface area contributed by atoms with Crippen LogP contribution in [-0.4, -0.2) is 21.6 Å². The molecule has 0 amide bonds. The van der Waals surface area contributed by atoms with Gasteiger partial charge in [-0.2, -0.15) is 0 Å². The maximum Gasteiger partial charge on any atom is 0.380 e. The van der Waals surface area contributed by atoms with Crippen LogP contribution in [0.4, 0.5) is 0 Å². The Morgan fingerprint density at radius 1 is 1.00 bits per heavy atom. The van der Waals surface area contributed by atoms with Crippen LogP contribution in [0, 0.1) is 5.92 Å². The van der Waals surface area contributed by atoms with Crippen molar-refractivity contribution in [3.8, 4) is 0 Å². The molecule has 4 atom stereocenters. The molecule has 24 heavy (non-hydrogen) atoms. The maximum absolute atomic E-state index is 13.2. The summed E-state index contributed by atoms with van der Waals surface area (Å²) in [5.74, 6) is 0.610. The molecule has 0 radical (unpaired) electrons. The van der Waals surface area contributed by atoms with E-state index in [1.54, 1.807) is 0 Å². The largest absolute Gasteiger partial charge is 0.380 e. The number of hydrogen-bond acceptors (Lipinski definition) is 1. The van der Waals surface area contributed by atoms with E-state index >= 15 is 0 Å². The third-order valence-corrected chi connectivity index (χ3v) is 11.5. The third-order valence-electron chi connectivity index (χ3n) is 5.32. The molecule has 0 heterocycles. The molecule has 0 saturated heterocycles. The van der Waals surface area contributed by atoms with Crippen LogP contribution >= 0.6 is 15.7 Å². The molecule has 1 aliphatic carbocycles. The molecule has 1 nitrogen and oxygen atoms in total. The van der Waals surface area contributed by atoms with Crippen LogP contribution < -0.4 is 5.30 Å². The second-order valence-electron chi connectivity index (χ2n) is 9.28. The predicted octanol–water partition coefficient (Wildman–Crippen LogP) is 6.78. The molecule has 1 aromatic carbocycles. The number of hydrogen-bond donors (Lipinski definition) is 0. The molecule has 0 N–H and O–H groups in total. The maximum atomic E-state index is 13.2. The van der Waals surface area contributed by atoms with E-state index in [-0.39, 0.29) is 7.92 Å². The van der Waals surface area contributed by atoms with E-state index in [1.807, 2.05) is 18.2 Å². The lowest BCUT2D eigenvalue weighted by molar-refractivity contribution is 0.509. The predicted molar refractivity (Wildman–Crippen MR) is 111 cm³/mol. The molecule has 2 rings (SSSR count). The van der Waals surface area contributed by atoms with E-state index in [9.17, 15) is 4.57 Å². The second-order valence-corrected chi connectivity index (χ2v) is 15.3. The molecule has 1 aromatic rings. The highest BCUT2D eigenvalue weighted by Crippen LogP contribution is 2.66. The fourth-order valence-corrected chi connectivity index (χ4v) is 12.4. The van der Waals surface area contributed by atoms with Gasteiger partial charge < -0.3 is 0 Å². The van der Waals surface area contributed by atoms with E-state index in [0.29, 0.717) is 27.5 Å². The Balaban J connectivity index is 2.27. The lowest BCUT2D eigenvalue weighted by Crippen LogP contribution is -2.35. The van der Waals surface area contributed by atoms with Gasteiger partial charge in [0.05, 0.1) is 0 Å². The Labute approximate surface area is 151 Å². The molecule has 0 aliphatic heterocycles. The summed E-state index contributed by atoms with van der Waals surface area (Å²) in [7, 11) is -1.45. The van der Waals surface area contributed by atoms with Crippen LogP contribution in [0.3, 0.4) is 0 Å². The van der Waals surface area contributed by atoms with Crippen molar-refractivity contribution in [2.75, 3.05) is 0 Å². The van der Waals surface area contributed by atoms with E-state index in [1.165, 1.54) is 12.8 Å². The van der Waals surface area contributed by atoms with E-state index in [2.05, 4.69) is 60.6 Å². The fraction of sp³-hybridized carbons (Fsp3) is 0.714. The molecule has 0 aromatic heterocycles. The van der Waals surface area contributed by atoms with Gasteiger partial charge in [0.25, 0.3) is 0 Å². The molecular formula is C21H35OP2+. The van der Waals surface area contributed by atoms with Gasteiger partial charge in [0.2, 0.25) is 0 Å². The highest BCUT2D eigenvalue weighted by atomic mass is 31.1. The Hall–Kier alpha value is -0.250. The van der Waals surface area contributed by atoms with Crippen LogP contribution in [0.25, 0.3) is 0 Å². The van der Waals surface area contributed by atoms with Gasteiger partial charge in [-0.25, -0.2) is 0 Å². The van der Waals surface area contributed by atoms with Gasteiger partial charge in [-0.3, -0.25) is 0 Å². The summed E-state index contributed by atoms with van der Waals surface area (Å²) in [4.78, 5) is 0. The van der Waals surface area contributed by atoms with Crippen molar-refractivity contribution in [3.63, 3.8) is 0 Å². The first kappa shape index (κ1) is 20.1. The Bertz CT molecular complexity index is 539. The summed E-state index contributed by atoms with van der Waals surface area (Å²) in [5.41, 5.74) is 1.03. The summed E-state index contributed by atoms with van der Waals surface area (Å²) in [6.45, 7) is 16.9. The molecule has 3 unspecified atom stereocenters. The van der Waals surface area contributed by atoms with Gasteiger partial charge in [0.1, 0.15) is 0 Å². The number of benzene rings is 1. The molecule has 134 valence electrons. The van der Waals surface area contributed by atoms with Crippen molar-refractivity contribution in [3.05, 3.63) is 30.3 Å². The second kappa shape index (κ2) is 7.55. The minimum atomic E-state index is -1.28. The highest BCUT2D eigenvalue weighted by molar-refractivity contribution is 7.61. The third kappa shape index (κ3) is 4.47. The molecule has 1 fully saturated rings. The van der Waals surface area contributed by atoms with Crippen molar-refractivity contribution in [2.45, 2.75) is 89.4 Å².